The topological polar surface area (TPSA) is 69.7 Å². The van der Waals surface area contributed by atoms with Gasteiger partial charge in [0.25, 0.3) is 0 Å². The van der Waals surface area contributed by atoms with Crippen LogP contribution in [0.4, 0.5) is 5.69 Å². The molecule has 2 aromatic rings. The van der Waals surface area contributed by atoms with Gasteiger partial charge in [-0.25, -0.2) is 8.42 Å². The zero-order valence-electron chi connectivity index (χ0n) is 18.3. The first-order chi connectivity index (χ1) is 15.0. The molecule has 1 aliphatic heterocycles. The number of amides is 1. The van der Waals surface area contributed by atoms with Crippen molar-refractivity contribution in [3.05, 3.63) is 60.2 Å². The Hall–Kier alpha value is -2.38. The fraction of sp³-hybridized carbons (Fsp3) is 0.458. The molecule has 7 heteroatoms. The highest BCUT2D eigenvalue weighted by Crippen LogP contribution is 2.21. The SMILES string of the molecule is CCN(CCCNC(=O)CCc1ccc(S(=O)(=O)N2CCCC2)cc1)c1ccccc1. The molecule has 0 aromatic heterocycles. The van der Waals surface area contributed by atoms with Gasteiger partial charge in [-0.1, -0.05) is 30.3 Å². The number of sulfonamides is 1. The average Bonchev–Trinajstić information content (AvgIpc) is 3.35. The van der Waals surface area contributed by atoms with Gasteiger partial charge in [-0.3, -0.25) is 4.79 Å². The maximum absolute atomic E-state index is 12.6. The molecule has 0 unspecified atom stereocenters. The van der Waals surface area contributed by atoms with E-state index < -0.39 is 10.0 Å². The van der Waals surface area contributed by atoms with E-state index in [1.54, 1.807) is 16.4 Å². The molecule has 1 amide bonds. The lowest BCUT2D eigenvalue weighted by Gasteiger charge is -2.23. The van der Waals surface area contributed by atoms with Gasteiger partial charge in [0.15, 0.2) is 0 Å². The Kier molecular flexibility index (Phi) is 8.49. The van der Waals surface area contributed by atoms with Crippen molar-refractivity contribution < 1.29 is 13.2 Å². The number of hydrogen-bond donors (Lipinski definition) is 1. The summed E-state index contributed by atoms with van der Waals surface area (Å²) < 4.78 is 26.7. The maximum atomic E-state index is 12.6. The molecule has 2 aromatic carbocycles. The molecule has 1 fully saturated rings. The van der Waals surface area contributed by atoms with Crippen molar-refractivity contribution >= 4 is 21.6 Å². The molecule has 1 heterocycles. The lowest BCUT2D eigenvalue weighted by atomic mass is 10.1. The van der Waals surface area contributed by atoms with E-state index in [0.717, 1.165) is 37.9 Å². The number of carbonyl (C=O) groups excluding carboxylic acids is 1. The van der Waals surface area contributed by atoms with Gasteiger partial charge in [0, 0.05) is 44.8 Å². The molecule has 1 aliphatic rings. The highest BCUT2D eigenvalue weighted by atomic mass is 32.2. The van der Waals surface area contributed by atoms with E-state index >= 15 is 0 Å². The van der Waals surface area contributed by atoms with E-state index in [0.29, 0.717) is 37.4 Å². The number of nitrogens with one attached hydrogen (secondary N) is 1. The van der Waals surface area contributed by atoms with Crippen LogP contribution in [0.2, 0.25) is 0 Å². The zero-order chi connectivity index (χ0) is 22.1. The Balaban J connectivity index is 1.38. The third-order valence-corrected chi connectivity index (χ3v) is 7.61. The van der Waals surface area contributed by atoms with E-state index in [1.807, 2.05) is 30.3 Å². The van der Waals surface area contributed by atoms with Gasteiger partial charge < -0.3 is 10.2 Å². The van der Waals surface area contributed by atoms with Gasteiger partial charge in [0.2, 0.25) is 15.9 Å². The first kappa shape index (κ1) is 23.3. The van der Waals surface area contributed by atoms with Gasteiger partial charge in [0.05, 0.1) is 4.90 Å². The van der Waals surface area contributed by atoms with Crippen LogP contribution in [0.5, 0.6) is 0 Å². The summed E-state index contributed by atoms with van der Waals surface area (Å²) in [6.07, 6.45) is 3.73. The van der Waals surface area contributed by atoms with Crippen LogP contribution in [-0.2, 0) is 21.2 Å². The number of carbonyl (C=O) groups is 1. The Morgan fingerprint density at radius 3 is 2.35 bits per heavy atom. The van der Waals surface area contributed by atoms with Crippen molar-refractivity contribution in [2.45, 2.75) is 43.9 Å². The molecule has 0 radical (unpaired) electrons. The van der Waals surface area contributed by atoms with Crippen LogP contribution in [0.25, 0.3) is 0 Å². The standard InChI is InChI=1S/C24H33N3O3S/c1-2-26(22-9-4-3-5-10-22)18-8-17-25-24(28)16-13-21-11-14-23(15-12-21)31(29,30)27-19-6-7-20-27/h3-5,9-12,14-15H,2,6-8,13,16-20H2,1H3,(H,25,28). The fourth-order valence-electron chi connectivity index (χ4n) is 3.86. The summed E-state index contributed by atoms with van der Waals surface area (Å²) in [5.74, 6) is 0.0246. The lowest BCUT2D eigenvalue weighted by molar-refractivity contribution is -0.121. The maximum Gasteiger partial charge on any atom is 0.243 e. The molecule has 0 aliphatic carbocycles. The summed E-state index contributed by atoms with van der Waals surface area (Å²) in [4.78, 5) is 14.8. The molecule has 6 nitrogen and oxygen atoms in total. The Morgan fingerprint density at radius 1 is 1.03 bits per heavy atom. The summed E-state index contributed by atoms with van der Waals surface area (Å²) in [6, 6.07) is 17.2. The minimum absolute atomic E-state index is 0.0246. The number of benzene rings is 2. The summed E-state index contributed by atoms with van der Waals surface area (Å²) in [5.41, 5.74) is 2.17. The minimum Gasteiger partial charge on any atom is -0.372 e. The summed E-state index contributed by atoms with van der Waals surface area (Å²) >= 11 is 0. The van der Waals surface area contributed by atoms with Crippen molar-refractivity contribution in [1.82, 2.24) is 9.62 Å². The lowest BCUT2D eigenvalue weighted by Crippen LogP contribution is -2.30. The molecule has 1 N–H and O–H groups in total. The first-order valence-corrected chi connectivity index (χ1v) is 12.6. The second-order valence-corrected chi connectivity index (χ2v) is 9.81. The number of rotatable bonds is 11. The van der Waals surface area contributed by atoms with E-state index in [4.69, 9.17) is 0 Å². The molecule has 1 saturated heterocycles. The van der Waals surface area contributed by atoms with Gasteiger partial charge in [0.1, 0.15) is 0 Å². The van der Waals surface area contributed by atoms with Gasteiger partial charge in [-0.2, -0.15) is 4.31 Å². The van der Waals surface area contributed by atoms with Crippen LogP contribution < -0.4 is 10.2 Å². The fourth-order valence-corrected chi connectivity index (χ4v) is 5.38. The average molecular weight is 444 g/mol. The second kappa shape index (κ2) is 11.3. The smallest absolute Gasteiger partial charge is 0.243 e. The van der Waals surface area contributed by atoms with E-state index in [1.165, 1.54) is 5.69 Å². The van der Waals surface area contributed by atoms with Crippen LogP contribution in [0, 0.1) is 0 Å². The predicted octanol–water partition coefficient (Wildman–Crippen LogP) is 3.44. The third kappa shape index (κ3) is 6.55. The van der Waals surface area contributed by atoms with E-state index in [-0.39, 0.29) is 5.91 Å². The molecular weight excluding hydrogens is 410 g/mol. The van der Waals surface area contributed by atoms with Gasteiger partial charge in [-0.15, -0.1) is 0 Å². The van der Waals surface area contributed by atoms with Crippen molar-refractivity contribution in [1.29, 1.82) is 0 Å². The second-order valence-electron chi connectivity index (χ2n) is 7.87. The van der Waals surface area contributed by atoms with Crippen molar-refractivity contribution in [2.75, 3.05) is 37.6 Å². The van der Waals surface area contributed by atoms with Gasteiger partial charge in [-0.05, 0) is 62.4 Å². The molecule has 0 atom stereocenters. The number of aryl methyl sites for hydroxylation is 1. The van der Waals surface area contributed by atoms with E-state index in [9.17, 15) is 13.2 Å². The summed E-state index contributed by atoms with van der Waals surface area (Å²) in [7, 11) is -3.38. The molecule has 168 valence electrons. The zero-order valence-corrected chi connectivity index (χ0v) is 19.1. The molecule has 3 rings (SSSR count). The molecular formula is C24H33N3O3S. The van der Waals surface area contributed by atoms with Gasteiger partial charge >= 0.3 is 0 Å². The highest BCUT2D eigenvalue weighted by Gasteiger charge is 2.26. The van der Waals surface area contributed by atoms with Crippen LogP contribution in [-0.4, -0.2) is 51.4 Å². The van der Waals surface area contributed by atoms with Crippen LogP contribution in [0.15, 0.2) is 59.5 Å². The molecule has 0 saturated carbocycles. The van der Waals surface area contributed by atoms with Crippen molar-refractivity contribution in [2.24, 2.45) is 0 Å². The van der Waals surface area contributed by atoms with Crippen LogP contribution in [0.1, 0.15) is 38.2 Å². The monoisotopic (exact) mass is 443 g/mol. The Morgan fingerprint density at radius 2 is 1.71 bits per heavy atom. The number of para-hydroxylation sites is 1. The molecule has 0 spiro atoms. The third-order valence-electron chi connectivity index (χ3n) is 5.70. The van der Waals surface area contributed by atoms with Crippen molar-refractivity contribution in [3.63, 3.8) is 0 Å². The Labute approximate surface area is 186 Å². The van der Waals surface area contributed by atoms with Crippen LogP contribution in [0.3, 0.4) is 0 Å². The molecule has 0 bridgehead atoms. The Bertz CT molecular complexity index is 924. The summed E-state index contributed by atoms with van der Waals surface area (Å²) in [5, 5.41) is 2.99. The normalized spacial score (nSPS) is 14.5. The number of hydrogen-bond acceptors (Lipinski definition) is 4. The minimum atomic E-state index is -3.38. The van der Waals surface area contributed by atoms with Crippen molar-refractivity contribution in [3.8, 4) is 0 Å². The predicted molar refractivity (Wildman–Crippen MR) is 125 cm³/mol. The highest BCUT2D eigenvalue weighted by molar-refractivity contribution is 7.89. The van der Waals surface area contributed by atoms with E-state index in [2.05, 4.69) is 29.3 Å². The summed E-state index contributed by atoms with van der Waals surface area (Å²) in [6.45, 7) is 5.81. The first-order valence-electron chi connectivity index (χ1n) is 11.2. The number of anilines is 1. The quantitative estimate of drug-likeness (QED) is 0.540. The largest absolute Gasteiger partial charge is 0.372 e. The van der Waals surface area contributed by atoms with Crippen LogP contribution >= 0.6 is 0 Å². The molecule has 31 heavy (non-hydrogen) atoms. The number of nitrogens with zero attached hydrogens (tertiary/aromatic N) is 2.